The van der Waals surface area contributed by atoms with Crippen LogP contribution in [-0.4, -0.2) is 9.52 Å². The lowest BCUT2D eigenvalue weighted by Gasteiger charge is -2.21. The third-order valence-corrected chi connectivity index (χ3v) is 3.97. The van der Waals surface area contributed by atoms with Crippen molar-refractivity contribution < 1.29 is 4.39 Å². The van der Waals surface area contributed by atoms with Crippen LogP contribution in [0.15, 0.2) is 24.3 Å². The van der Waals surface area contributed by atoms with E-state index in [1.807, 2.05) is 12.1 Å². The van der Waals surface area contributed by atoms with Crippen LogP contribution in [0.2, 0.25) is 12.1 Å². The molecule has 2 rings (SSSR count). The van der Waals surface area contributed by atoms with Gasteiger partial charge in [-0.2, -0.15) is 0 Å². The van der Waals surface area contributed by atoms with Crippen LogP contribution in [0.1, 0.15) is 24.3 Å². The Kier molecular flexibility index (Phi) is 2.79. The first-order valence-electron chi connectivity index (χ1n) is 4.82. The van der Waals surface area contributed by atoms with E-state index in [2.05, 4.69) is 0 Å². The summed E-state index contributed by atoms with van der Waals surface area (Å²) in [6.07, 6.45) is 2.59. The maximum atomic E-state index is 12.7. The van der Waals surface area contributed by atoms with Crippen LogP contribution in [0.4, 0.5) is 4.39 Å². The molecule has 2 heteroatoms. The third kappa shape index (κ3) is 2.18. The molecule has 2 radical (unpaired) electrons. The van der Waals surface area contributed by atoms with Crippen molar-refractivity contribution in [1.82, 2.24) is 0 Å². The average Bonchev–Trinajstić information content (AvgIpc) is 2.20. The maximum absolute atomic E-state index is 12.7. The number of rotatable bonds is 1. The van der Waals surface area contributed by atoms with Gasteiger partial charge >= 0.3 is 0 Å². The van der Waals surface area contributed by atoms with Crippen LogP contribution in [0.25, 0.3) is 0 Å². The minimum Gasteiger partial charge on any atom is -0.207 e. The fourth-order valence-electron chi connectivity index (χ4n) is 1.89. The van der Waals surface area contributed by atoms with E-state index in [4.69, 9.17) is 0 Å². The lowest BCUT2D eigenvalue weighted by molar-refractivity contribution is 0.604. The summed E-state index contributed by atoms with van der Waals surface area (Å²) in [5, 5.41) is 0. The standard InChI is InChI=1S/C11H13FSi/c12-11-3-1-9(2-4-11)10-5-7-13-8-6-10/h1-4,10H,5-8H2. The quantitative estimate of drug-likeness (QED) is 0.599. The van der Waals surface area contributed by atoms with E-state index in [0.717, 1.165) is 9.52 Å². The molecule has 0 unspecified atom stereocenters. The Morgan fingerprint density at radius 3 is 2.31 bits per heavy atom. The normalized spacial score (nSPS) is 18.8. The first kappa shape index (κ1) is 8.94. The monoisotopic (exact) mass is 192 g/mol. The van der Waals surface area contributed by atoms with Gasteiger partial charge < -0.3 is 0 Å². The van der Waals surface area contributed by atoms with Gasteiger partial charge in [0.1, 0.15) is 5.82 Å². The number of hydrogen-bond acceptors (Lipinski definition) is 0. The lowest BCUT2D eigenvalue weighted by atomic mass is 9.93. The molecule has 1 aromatic carbocycles. The summed E-state index contributed by atoms with van der Waals surface area (Å²) in [6.45, 7) is 0. The molecule has 0 bridgehead atoms. The Bertz CT molecular complexity index is 262. The van der Waals surface area contributed by atoms with E-state index in [1.54, 1.807) is 12.1 Å². The second kappa shape index (κ2) is 4.05. The highest BCUT2D eigenvalue weighted by Crippen LogP contribution is 2.30. The molecule has 0 amide bonds. The van der Waals surface area contributed by atoms with Crippen molar-refractivity contribution in [3.63, 3.8) is 0 Å². The van der Waals surface area contributed by atoms with Crippen molar-refractivity contribution in [2.45, 2.75) is 30.8 Å². The summed E-state index contributed by atoms with van der Waals surface area (Å²) in [7, 11) is 1.16. The predicted molar refractivity (Wildman–Crippen MR) is 53.7 cm³/mol. The first-order chi connectivity index (χ1) is 6.36. The zero-order chi connectivity index (χ0) is 9.10. The van der Waals surface area contributed by atoms with Crippen LogP contribution < -0.4 is 0 Å². The first-order valence-corrected chi connectivity index (χ1v) is 6.24. The summed E-state index contributed by atoms with van der Waals surface area (Å²) in [4.78, 5) is 0. The van der Waals surface area contributed by atoms with Crippen LogP contribution >= 0.6 is 0 Å². The van der Waals surface area contributed by atoms with Gasteiger partial charge in [0.25, 0.3) is 0 Å². The van der Waals surface area contributed by atoms with Crippen molar-refractivity contribution >= 4 is 9.52 Å². The fraction of sp³-hybridized carbons (Fsp3) is 0.455. The molecule has 0 nitrogen and oxygen atoms in total. The van der Waals surface area contributed by atoms with E-state index < -0.39 is 0 Å². The summed E-state index contributed by atoms with van der Waals surface area (Å²) in [5.41, 5.74) is 1.32. The smallest absolute Gasteiger partial charge is 0.123 e. The predicted octanol–water partition coefficient (Wildman–Crippen LogP) is 3.24. The number of hydrogen-bond donors (Lipinski definition) is 0. The zero-order valence-electron chi connectivity index (χ0n) is 7.59. The minimum atomic E-state index is -0.124. The summed E-state index contributed by atoms with van der Waals surface area (Å²) < 4.78 is 12.7. The average molecular weight is 192 g/mol. The van der Waals surface area contributed by atoms with Gasteiger partial charge in [-0.3, -0.25) is 0 Å². The van der Waals surface area contributed by atoms with Crippen LogP contribution in [0, 0.1) is 5.82 Å². The molecule has 0 N–H and O–H groups in total. The molecule has 13 heavy (non-hydrogen) atoms. The maximum Gasteiger partial charge on any atom is 0.123 e. The van der Waals surface area contributed by atoms with E-state index in [-0.39, 0.29) is 5.82 Å². The molecule has 0 atom stereocenters. The second-order valence-corrected chi connectivity index (χ2v) is 5.08. The van der Waals surface area contributed by atoms with Crippen molar-refractivity contribution in [3.05, 3.63) is 35.6 Å². The van der Waals surface area contributed by atoms with Gasteiger partial charge in [-0.05, 0) is 36.5 Å². The Morgan fingerprint density at radius 2 is 1.69 bits per heavy atom. The summed E-state index contributed by atoms with van der Waals surface area (Å²) >= 11 is 0. The van der Waals surface area contributed by atoms with Crippen molar-refractivity contribution in [1.29, 1.82) is 0 Å². The molecule has 0 aromatic heterocycles. The van der Waals surface area contributed by atoms with Gasteiger partial charge in [0.15, 0.2) is 0 Å². The number of halogens is 1. The van der Waals surface area contributed by atoms with Gasteiger partial charge in [-0.15, -0.1) is 0 Å². The second-order valence-electron chi connectivity index (χ2n) is 3.58. The van der Waals surface area contributed by atoms with E-state index >= 15 is 0 Å². The molecule has 1 heterocycles. The van der Waals surface area contributed by atoms with E-state index in [9.17, 15) is 4.39 Å². The lowest BCUT2D eigenvalue weighted by Crippen LogP contribution is -2.08. The molecule has 0 saturated carbocycles. The Morgan fingerprint density at radius 1 is 1.08 bits per heavy atom. The molecule has 0 spiro atoms. The third-order valence-electron chi connectivity index (χ3n) is 2.68. The largest absolute Gasteiger partial charge is 0.207 e. The highest BCUT2D eigenvalue weighted by molar-refractivity contribution is 6.35. The van der Waals surface area contributed by atoms with Crippen molar-refractivity contribution in [3.8, 4) is 0 Å². The Balaban J connectivity index is 2.10. The molecular weight excluding hydrogens is 179 g/mol. The molecule has 1 saturated heterocycles. The van der Waals surface area contributed by atoms with Crippen molar-refractivity contribution in [2.75, 3.05) is 0 Å². The number of benzene rings is 1. The van der Waals surface area contributed by atoms with Gasteiger partial charge in [-0.25, -0.2) is 4.39 Å². The van der Waals surface area contributed by atoms with Gasteiger partial charge in [0, 0.05) is 9.52 Å². The van der Waals surface area contributed by atoms with E-state index in [1.165, 1.54) is 30.5 Å². The summed E-state index contributed by atoms with van der Waals surface area (Å²) in [6, 6.07) is 9.76. The molecule has 68 valence electrons. The molecular formula is C11H13FSi. The fourth-order valence-corrected chi connectivity index (χ4v) is 3.25. The van der Waals surface area contributed by atoms with Crippen LogP contribution in [-0.2, 0) is 0 Å². The Hall–Kier alpha value is -0.633. The Labute approximate surface area is 81.0 Å². The minimum absolute atomic E-state index is 0.124. The van der Waals surface area contributed by atoms with Gasteiger partial charge in [0.05, 0.1) is 0 Å². The van der Waals surface area contributed by atoms with Crippen LogP contribution in [0.5, 0.6) is 0 Å². The molecule has 1 aliphatic heterocycles. The van der Waals surface area contributed by atoms with Crippen molar-refractivity contribution in [2.24, 2.45) is 0 Å². The SMILES string of the molecule is Fc1ccc(C2CC[Si]CC2)cc1. The molecule has 1 aromatic rings. The highest BCUT2D eigenvalue weighted by Gasteiger charge is 2.15. The van der Waals surface area contributed by atoms with Gasteiger partial charge in [0.2, 0.25) is 0 Å². The molecule has 1 aliphatic rings. The van der Waals surface area contributed by atoms with Gasteiger partial charge in [-0.1, -0.05) is 24.2 Å². The van der Waals surface area contributed by atoms with E-state index in [0.29, 0.717) is 5.92 Å². The highest BCUT2D eigenvalue weighted by atomic mass is 28.2. The van der Waals surface area contributed by atoms with Crippen LogP contribution in [0.3, 0.4) is 0 Å². The molecule has 1 fully saturated rings. The molecule has 0 aliphatic carbocycles. The zero-order valence-corrected chi connectivity index (χ0v) is 8.59. The topological polar surface area (TPSA) is 0 Å². The summed E-state index contributed by atoms with van der Waals surface area (Å²) in [5.74, 6) is 0.572.